The molecule has 4 nitrogen and oxygen atoms in total. The summed E-state index contributed by atoms with van der Waals surface area (Å²) in [5, 5.41) is 1.83. The van der Waals surface area contributed by atoms with Crippen molar-refractivity contribution in [3.05, 3.63) is 17.0 Å². The Labute approximate surface area is 105 Å². The van der Waals surface area contributed by atoms with Crippen LogP contribution in [-0.4, -0.2) is 25.3 Å². The number of rotatable bonds is 3. The van der Waals surface area contributed by atoms with Crippen LogP contribution in [0.25, 0.3) is 0 Å². The first-order valence-corrected chi connectivity index (χ1v) is 8.22. The molecule has 2 heterocycles. The van der Waals surface area contributed by atoms with Gasteiger partial charge in [0.25, 0.3) is 10.0 Å². The van der Waals surface area contributed by atoms with E-state index in [-0.39, 0.29) is 6.04 Å². The fourth-order valence-corrected chi connectivity index (χ4v) is 5.98. The van der Waals surface area contributed by atoms with Crippen molar-refractivity contribution < 1.29 is 8.42 Å². The average Bonchev–Trinajstić information content (AvgIpc) is 3.04. The average molecular weight is 272 g/mol. The van der Waals surface area contributed by atoms with E-state index < -0.39 is 10.0 Å². The van der Waals surface area contributed by atoms with E-state index in [0.717, 1.165) is 18.4 Å². The van der Waals surface area contributed by atoms with Crippen LogP contribution in [0.15, 0.2) is 15.7 Å². The van der Waals surface area contributed by atoms with E-state index in [9.17, 15) is 8.42 Å². The molecule has 2 bridgehead atoms. The molecule has 1 aromatic heterocycles. The van der Waals surface area contributed by atoms with Gasteiger partial charge in [-0.2, -0.15) is 4.31 Å². The van der Waals surface area contributed by atoms with Gasteiger partial charge in [-0.3, -0.25) is 0 Å². The molecule has 1 saturated heterocycles. The van der Waals surface area contributed by atoms with E-state index in [2.05, 4.69) is 0 Å². The molecule has 2 aliphatic rings. The predicted octanol–water partition coefficient (Wildman–Crippen LogP) is 1.38. The van der Waals surface area contributed by atoms with Crippen LogP contribution in [0.1, 0.15) is 24.8 Å². The van der Waals surface area contributed by atoms with Gasteiger partial charge in [-0.25, -0.2) is 8.42 Å². The molecule has 0 aromatic carbocycles. The molecule has 94 valence electrons. The number of fused-ring (bicyclic) bond motifs is 2. The third-order valence-corrected chi connectivity index (χ3v) is 7.17. The highest BCUT2D eigenvalue weighted by molar-refractivity contribution is 7.91. The molecule has 1 aliphatic heterocycles. The SMILES string of the molecule is NCc1csc(S(=O)(=O)N2CC3CCC2C3)c1. The van der Waals surface area contributed by atoms with Crippen molar-refractivity contribution in [2.45, 2.75) is 36.1 Å². The monoisotopic (exact) mass is 272 g/mol. The second kappa shape index (κ2) is 4.05. The first-order chi connectivity index (χ1) is 8.11. The topological polar surface area (TPSA) is 63.4 Å². The van der Waals surface area contributed by atoms with E-state index in [0.29, 0.717) is 23.2 Å². The molecule has 2 fully saturated rings. The Morgan fingerprint density at radius 2 is 2.29 bits per heavy atom. The molecule has 6 heteroatoms. The number of nitrogens with two attached hydrogens (primary N) is 1. The quantitative estimate of drug-likeness (QED) is 0.904. The van der Waals surface area contributed by atoms with Crippen LogP contribution in [0.2, 0.25) is 0 Å². The third-order valence-electron chi connectivity index (χ3n) is 3.79. The summed E-state index contributed by atoms with van der Waals surface area (Å²) in [6, 6.07) is 1.96. The maximum absolute atomic E-state index is 12.4. The number of hydrogen-bond acceptors (Lipinski definition) is 4. The van der Waals surface area contributed by atoms with Gasteiger partial charge in [0, 0.05) is 19.1 Å². The summed E-state index contributed by atoms with van der Waals surface area (Å²) in [4.78, 5) is 0. The Hall–Kier alpha value is -0.430. The zero-order valence-electron chi connectivity index (χ0n) is 9.50. The fourth-order valence-electron chi connectivity index (χ4n) is 2.88. The molecule has 2 atom stereocenters. The van der Waals surface area contributed by atoms with Crippen LogP contribution >= 0.6 is 11.3 Å². The van der Waals surface area contributed by atoms with Crippen LogP contribution in [0.3, 0.4) is 0 Å². The lowest BCUT2D eigenvalue weighted by Crippen LogP contribution is -2.37. The smallest absolute Gasteiger partial charge is 0.252 e. The normalized spacial score (nSPS) is 29.0. The summed E-state index contributed by atoms with van der Waals surface area (Å²) in [6.45, 7) is 1.11. The molecular formula is C11H16N2O2S2. The molecule has 3 rings (SSSR count). The minimum atomic E-state index is -3.26. The van der Waals surface area contributed by atoms with E-state index in [1.54, 1.807) is 10.4 Å². The zero-order chi connectivity index (χ0) is 12.0. The second-order valence-electron chi connectivity index (χ2n) is 4.89. The van der Waals surface area contributed by atoms with Crippen molar-refractivity contribution in [3.63, 3.8) is 0 Å². The summed E-state index contributed by atoms with van der Waals surface area (Å²) in [6.07, 6.45) is 3.27. The van der Waals surface area contributed by atoms with E-state index in [1.165, 1.54) is 17.8 Å². The lowest BCUT2D eigenvalue weighted by Gasteiger charge is -2.25. The Morgan fingerprint density at radius 3 is 2.82 bits per heavy atom. The summed E-state index contributed by atoms with van der Waals surface area (Å²) in [5.41, 5.74) is 6.42. The maximum atomic E-state index is 12.4. The highest BCUT2D eigenvalue weighted by atomic mass is 32.2. The zero-order valence-corrected chi connectivity index (χ0v) is 11.1. The van der Waals surface area contributed by atoms with Crippen LogP contribution in [0, 0.1) is 5.92 Å². The Kier molecular flexibility index (Phi) is 2.77. The molecule has 0 radical (unpaired) electrons. The van der Waals surface area contributed by atoms with Gasteiger partial charge < -0.3 is 5.73 Å². The second-order valence-corrected chi connectivity index (χ2v) is 7.91. The van der Waals surface area contributed by atoms with Crippen molar-refractivity contribution in [1.82, 2.24) is 4.31 Å². The van der Waals surface area contributed by atoms with Gasteiger partial charge in [0.05, 0.1) is 0 Å². The Morgan fingerprint density at radius 1 is 1.47 bits per heavy atom. The number of thiophene rings is 1. The van der Waals surface area contributed by atoms with Gasteiger partial charge in [-0.15, -0.1) is 11.3 Å². The standard InChI is InChI=1S/C11H16N2O2S2/c12-5-9-4-11(16-7-9)17(14,15)13-6-8-1-2-10(13)3-8/h4,7-8,10H,1-3,5-6,12H2. The number of sulfonamides is 1. The highest BCUT2D eigenvalue weighted by Crippen LogP contribution is 2.41. The van der Waals surface area contributed by atoms with Gasteiger partial charge >= 0.3 is 0 Å². The molecular weight excluding hydrogens is 256 g/mol. The molecule has 1 saturated carbocycles. The third kappa shape index (κ3) is 1.83. The van der Waals surface area contributed by atoms with Crippen LogP contribution in [0.5, 0.6) is 0 Å². The summed E-state index contributed by atoms with van der Waals surface area (Å²) >= 11 is 1.29. The molecule has 1 aliphatic carbocycles. The molecule has 17 heavy (non-hydrogen) atoms. The van der Waals surface area contributed by atoms with Crippen LogP contribution < -0.4 is 5.73 Å². The summed E-state index contributed by atoms with van der Waals surface area (Å²) < 4.78 is 27.0. The van der Waals surface area contributed by atoms with Gasteiger partial charge in [-0.1, -0.05) is 0 Å². The summed E-state index contributed by atoms with van der Waals surface area (Å²) in [5.74, 6) is 0.587. The van der Waals surface area contributed by atoms with E-state index in [4.69, 9.17) is 5.73 Å². The van der Waals surface area contributed by atoms with Crippen molar-refractivity contribution in [1.29, 1.82) is 0 Å². The predicted molar refractivity (Wildman–Crippen MR) is 67.2 cm³/mol. The number of nitrogens with zero attached hydrogens (tertiary/aromatic N) is 1. The minimum absolute atomic E-state index is 0.244. The Balaban J connectivity index is 1.90. The molecule has 2 N–H and O–H groups in total. The minimum Gasteiger partial charge on any atom is -0.326 e. The fraction of sp³-hybridized carbons (Fsp3) is 0.636. The van der Waals surface area contributed by atoms with E-state index in [1.807, 2.05) is 5.38 Å². The van der Waals surface area contributed by atoms with Crippen molar-refractivity contribution in [2.24, 2.45) is 11.7 Å². The van der Waals surface area contributed by atoms with Crippen molar-refractivity contribution in [3.8, 4) is 0 Å². The van der Waals surface area contributed by atoms with Gasteiger partial charge in [0.15, 0.2) is 0 Å². The molecule has 1 aromatic rings. The highest BCUT2D eigenvalue weighted by Gasteiger charge is 2.44. The van der Waals surface area contributed by atoms with Gasteiger partial charge in [0.1, 0.15) is 4.21 Å². The number of hydrogen-bond donors (Lipinski definition) is 1. The molecule has 2 unspecified atom stereocenters. The van der Waals surface area contributed by atoms with Gasteiger partial charge in [0.2, 0.25) is 0 Å². The summed E-state index contributed by atoms with van der Waals surface area (Å²) in [7, 11) is -3.26. The largest absolute Gasteiger partial charge is 0.326 e. The lowest BCUT2D eigenvalue weighted by molar-refractivity contribution is 0.334. The van der Waals surface area contributed by atoms with Crippen molar-refractivity contribution >= 4 is 21.4 Å². The lowest BCUT2D eigenvalue weighted by atomic mass is 10.1. The van der Waals surface area contributed by atoms with E-state index >= 15 is 0 Å². The molecule has 0 spiro atoms. The van der Waals surface area contributed by atoms with Gasteiger partial charge in [-0.05, 0) is 42.2 Å². The van der Waals surface area contributed by atoms with Crippen LogP contribution in [-0.2, 0) is 16.6 Å². The Bertz CT molecular complexity index is 523. The maximum Gasteiger partial charge on any atom is 0.252 e. The number of piperidine rings is 1. The van der Waals surface area contributed by atoms with Crippen LogP contribution in [0.4, 0.5) is 0 Å². The van der Waals surface area contributed by atoms with Crippen molar-refractivity contribution in [2.75, 3.05) is 6.54 Å². The first-order valence-electron chi connectivity index (χ1n) is 5.90. The first kappa shape index (κ1) is 11.6. The molecule has 0 amide bonds.